The van der Waals surface area contributed by atoms with Gasteiger partial charge < -0.3 is 14.8 Å². The Morgan fingerprint density at radius 2 is 2.50 bits per heavy atom. The van der Waals surface area contributed by atoms with Crippen LogP contribution in [0.15, 0.2) is 22.8 Å². The van der Waals surface area contributed by atoms with Crippen molar-refractivity contribution in [3.63, 3.8) is 0 Å². The van der Waals surface area contributed by atoms with Crippen LogP contribution in [0.25, 0.3) is 0 Å². The van der Waals surface area contributed by atoms with Crippen molar-refractivity contribution in [1.82, 2.24) is 10.2 Å². The van der Waals surface area contributed by atoms with Crippen LogP contribution in [-0.4, -0.2) is 41.1 Å². The Morgan fingerprint density at radius 1 is 1.67 bits per heavy atom. The fourth-order valence-corrected chi connectivity index (χ4v) is 2.38. The maximum absolute atomic E-state index is 10.8. The van der Waals surface area contributed by atoms with Crippen molar-refractivity contribution in [3.05, 3.63) is 24.2 Å². The van der Waals surface area contributed by atoms with Gasteiger partial charge in [0.2, 0.25) is 0 Å². The van der Waals surface area contributed by atoms with Crippen molar-refractivity contribution in [2.75, 3.05) is 13.1 Å². The van der Waals surface area contributed by atoms with E-state index in [1.54, 1.807) is 6.26 Å². The van der Waals surface area contributed by atoms with Crippen molar-refractivity contribution in [3.8, 4) is 0 Å². The number of nitrogens with zero attached hydrogens (tertiary/aromatic N) is 1. The van der Waals surface area contributed by atoms with E-state index in [0.717, 1.165) is 31.8 Å². The van der Waals surface area contributed by atoms with Crippen molar-refractivity contribution in [1.29, 1.82) is 0 Å². The minimum atomic E-state index is -0.750. The average molecular weight is 252 g/mol. The summed E-state index contributed by atoms with van der Waals surface area (Å²) in [4.78, 5) is 13.1. The summed E-state index contributed by atoms with van der Waals surface area (Å²) in [5, 5.41) is 12.2. The Bertz CT molecular complexity index is 378. The van der Waals surface area contributed by atoms with Gasteiger partial charge in [-0.1, -0.05) is 0 Å². The normalized spacial score (nSPS) is 25.8. The van der Waals surface area contributed by atoms with E-state index in [2.05, 4.69) is 17.1 Å². The van der Waals surface area contributed by atoms with Crippen molar-refractivity contribution < 1.29 is 14.3 Å². The Balaban J connectivity index is 1.98. The average Bonchev–Trinajstić information content (AvgIpc) is 2.73. The van der Waals surface area contributed by atoms with Gasteiger partial charge in [0.25, 0.3) is 0 Å². The zero-order valence-electron chi connectivity index (χ0n) is 10.6. The number of furan rings is 1. The van der Waals surface area contributed by atoms with Crippen LogP contribution in [0.5, 0.6) is 0 Å². The van der Waals surface area contributed by atoms with Crippen LogP contribution in [0.1, 0.15) is 25.5 Å². The fraction of sp³-hybridized carbons (Fsp3) is 0.615. The molecule has 5 nitrogen and oxygen atoms in total. The van der Waals surface area contributed by atoms with Crippen LogP contribution in [0.4, 0.5) is 0 Å². The highest BCUT2D eigenvalue weighted by Gasteiger charge is 2.24. The second-order valence-electron chi connectivity index (χ2n) is 4.90. The third-order valence-electron chi connectivity index (χ3n) is 3.43. The lowest BCUT2D eigenvalue weighted by atomic mass is 10.1. The molecule has 0 radical (unpaired) electrons. The SMILES string of the molecule is CC1CCNC(CC(=O)O)CN1Cc1ccco1. The predicted molar refractivity (Wildman–Crippen MR) is 67.2 cm³/mol. The van der Waals surface area contributed by atoms with E-state index in [1.165, 1.54) is 0 Å². The molecule has 1 saturated heterocycles. The number of carboxylic acid groups (broad SMARTS) is 1. The highest BCUT2D eigenvalue weighted by Crippen LogP contribution is 2.15. The Hall–Kier alpha value is -1.33. The highest BCUT2D eigenvalue weighted by molar-refractivity contribution is 5.67. The van der Waals surface area contributed by atoms with Gasteiger partial charge in [-0.25, -0.2) is 0 Å². The molecule has 1 aromatic heterocycles. The molecule has 2 unspecified atom stereocenters. The molecule has 2 heterocycles. The second kappa shape index (κ2) is 6.02. The lowest BCUT2D eigenvalue weighted by molar-refractivity contribution is -0.137. The molecule has 0 saturated carbocycles. The van der Waals surface area contributed by atoms with Gasteiger partial charge in [-0.2, -0.15) is 0 Å². The zero-order chi connectivity index (χ0) is 13.0. The number of nitrogens with one attached hydrogen (secondary N) is 1. The minimum Gasteiger partial charge on any atom is -0.481 e. The van der Waals surface area contributed by atoms with Crippen LogP contribution in [-0.2, 0) is 11.3 Å². The molecule has 0 amide bonds. The molecular formula is C13H20N2O3. The summed E-state index contributed by atoms with van der Waals surface area (Å²) in [6.45, 7) is 4.53. The first-order valence-corrected chi connectivity index (χ1v) is 6.36. The lowest BCUT2D eigenvalue weighted by Gasteiger charge is -2.27. The summed E-state index contributed by atoms with van der Waals surface area (Å²) >= 11 is 0. The predicted octanol–water partition coefficient (Wildman–Crippen LogP) is 1.31. The third-order valence-corrected chi connectivity index (χ3v) is 3.43. The molecular weight excluding hydrogens is 232 g/mol. The van der Waals surface area contributed by atoms with Gasteiger partial charge >= 0.3 is 5.97 Å². The standard InChI is InChI=1S/C13H20N2O3/c1-10-4-5-14-11(7-13(16)17)8-15(10)9-12-3-2-6-18-12/h2-3,6,10-11,14H,4-5,7-9H2,1H3,(H,16,17). The van der Waals surface area contributed by atoms with E-state index in [9.17, 15) is 4.79 Å². The van der Waals surface area contributed by atoms with Gasteiger partial charge in [0, 0.05) is 18.6 Å². The lowest BCUT2D eigenvalue weighted by Crippen LogP contribution is -2.40. The number of carbonyl (C=O) groups is 1. The van der Waals surface area contributed by atoms with Crippen molar-refractivity contribution in [2.24, 2.45) is 0 Å². The summed E-state index contributed by atoms with van der Waals surface area (Å²) < 4.78 is 5.36. The maximum atomic E-state index is 10.8. The van der Waals surface area contributed by atoms with Crippen LogP contribution >= 0.6 is 0 Å². The Kier molecular flexibility index (Phi) is 4.38. The molecule has 2 atom stereocenters. The summed E-state index contributed by atoms with van der Waals surface area (Å²) in [5.41, 5.74) is 0. The van der Waals surface area contributed by atoms with Gasteiger partial charge in [-0.3, -0.25) is 9.69 Å². The largest absolute Gasteiger partial charge is 0.481 e. The molecule has 5 heteroatoms. The van der Waals surface area contributed by atoms with Crippen molar-refractivity contribution >= 4 is 5.97 Å². The van der Waals surface area contributed by atoms with Gasteiger partial charge in [0.1, 0.15) is 5.76 Å². The molecule has 18 heavy (non-hydrogen) atoms. The molecule has 2 rings (SSSR count). The fourth-order valence-electron chi connectivity index (χ4n) is 2.38. The number of hydrogen-bond acceptors (Lipinski definition) is 4. The Labute approximate surface area is 107 Å². The van der Waals surface area contributed by atoms with Gasteiger partial charge in [0.05, 0.1) is 19.2 Å². The van der Waals surface area contributed by atoms with E-state index in [4.69, 9.17) is 9.52 Å². The topological polar surface area (TPSA) is 65.7 Å². The van der Waals surface area contributed by atoms with Crippen LogP contribution in [0.2, 0.25) is 0 Å². The van der Waals surface area contributed by atoms with Crippen LogP contribution < -0.4 is 5.32 Å². The smallest absolute Gasteiger partial charge is 0.304 e. The number of rotatable bonds is 4. The molecule has 0 spiro atoms. The van der Waals surface area contributed by atoms with Crippen LogP contribution in [0, 0.1) is 0 Å². The van der Waals surface area contributed by atoms with Gasteiger partial charge in [-0.15, -0.1) is 0 Å². The molecule has 100 valence electrons. The molecule has 2 N–H and O–H groups in total. The van der Waals surface area contributed by atoms with Gasteiger partial charge in [0.15, 0.2) is 0 Å². The van der Waals surface area contributed by atoms with Gasteiger partial charge in [-0.05, 0) is 32.0 Å². The molecule has 1 aliphatic rings. The van der Waals surface area contributed by atoms with E-state index in [0.29, 0.717) is 6.04 Å². The minimum absolute atomic E-state index is 0.0161. The van der Waals surface area contributed by atoms with E-state index in [1.807, 2.05) is 12.1 Å². The molecule has 1 fully saturated rings. The number of carboxylic acids is 1. The maximum Gasteiger partial charge on any atom is 0.304 e. The summed E-state index contributed by atoms with van der Waals surface area (Å²) in [6, 6.07) is 4.28. The Morgan fingerprint density at radius 3 is 3.17 bits per heavy atom. The first kappa shape index (κ1) is 13.1. The number of aliphatic carboxylic acids is 1. The third kappa shape index (κ3) is 3.58. The molecule has 0 aliphatic carbocycles. The van der Waals surface area contributed by atoms with Crippen molar-refractivity contribution in [2.45, 2.75) is 38.4 Å². The second-order valence-corrected chi connectivity index (χ2v) is 4.90. The van der Waals surface area contributed by atoms with E-state index in [-0.39, 0.29) is 12.5 Å². The quantitative estimate of drug-likeness (QED) is 0.845. The monoisotopic (exact) mass is 252 g/mol. The zero-order valence-corrected chi connectivity index (χ0v) is 10.6. The number of hydrogen-bond donors (Lipinski definition) is 2. The van der Waals surface area contributed by atoms with E-state index >= 15 is 0 Å². The molecule has 0 aromatic carbocycles. The first-order chi connectivity index (χ1) is 8.65. The molecule has 1 aliphatic heterocycles. The van der Waals surface area contributed by atoms with E-state index < -0.39 is 5.97 Å². The summed E-state index contributed by atoms with van der Waals surface area (Å²) in [7, 11) is 0. The summed E-state index contributed by atoms with van der Waals surface area (Å²) in [5.74, 6) is 0.179. The highest BCUT2D eigenvalue weighted by atomic mass is 16.4. The van der Waals surface area contributed by atoms with Crippen LogP contribution in [0.3, 0.4) is 0 Å². The molecule has 1 aromatic rings. The molecule has 0 bridgehead atoms. The summed E-state index contributed by atoms with van der Waals surface area (Å²) in [6.07, 6.45) is 2.86. The first-order valence-electron chi connectivity index (χ1n) is 6.36.